The van der Waals surface area contributed by atoms with Crippen molar-refractivity contribution in [3.05, 3.63) is 35.7 Å². The van der Waals surface area contributed by atoms with Gasteiger partial charge in [-0.3, -0.25) is 0 Å². The van der Waals surface area contributed by atoms with Crippen molar-refractivity contribution in [1.29, 1.82) is 5.26 Å². The van der Waals surface area contributed by atoms with E-state index >= 15 is 0 Å². The summed E-state index contributed by atoms with van der Waals surface area (Å²) in [7, 11) is 1.86. The van der Waals surface area contributed by atoms with Crippen molar-refractivity contribution in [2.24, 2.45) is 0 Å². The van der Waals surface area contributed by atoms with E-state index in [0.29, 0.717) is 17.3 Å². The third-order valence-electron chi connectivity index (χ3n) is 2.76. The monoisotopic (exact) mass is 242 g/mol. The second-order valence-corrected chi connectivity index (χ2v) is 3.88. The average molecular weight is 242 g/mol. The van der Waals surface area contributed by atoms with E-state index in [0.717, 1.165) is 12.0 Å². The largest absolute Gasteiger partial charge is 0.419 e. The standard InChI is InChI=1S/C13H14N4O/c1-3-11(15-2)13-17-16-12(18-13)10-6-4-9(8-14)5-7-10/h4-7,11,15H,3H2,1-2H3. The van der Waals surface area contributed by atoms with Gasteiger partial charge in [-0.2, -0.15) is 5.26 Å². The topological polar surface area (TPSA) is 74.7 Å². The summed E-state index contributed by atoms with van der Waals surface area (Å²) >= 11 is 0. The van der Waals surface area contributed by atoms with E-state index in [9.17, 15) is 0 Å². The zero-order valence-electron chi connectivity index (χ0n) is 10.3. The predicted octanol–water partition coefficient (Wildman–Crippen LogP) is 2.28. The van der Waals surface area contributed by atoms with E-state index in [-0.39, 0.29) is 6.04 Å². The lowest BCUT2D eigenvalue weighted by atomic mass is 10.1. The number of rotatable bonds is 4. The lowest BCUT2D eigenvalue weighted by Crippen LogP contribution is -2.15. The van der Waals surface area contributed by atoms with Gasteiger partial charge in [-0.15, -0.1) is 10.2 Å². The highest BCUT2D eigenvalue weighted by molar-refractivity contribution is 5.54. The number of hydrogen-bond donors (Lipinski definition) is 1. The van der Waals surface area contributed by atoms with Crippen LogP contribution in [0, 0.1) is 11.3 Å². The molecule has 0 amide bonds. The van der Waals surface area contributed by atoms with Gasteiger partial charge in [0.05, 0.1) is 17.7 Å². The fraction of sp³-hybridized carbons (Fsp3) is 0.308. The number of nitriles is 1. The van der Waals surface area contributed by atoms with Gasteiger partial charge >= 0.3 is 0 Å². The van der Waals surface area contributed by atoms with Gasteiger partial charge in [0.2, 0.25) is 11.8 Å². The van der Waals surface area contributed by atoms with Gasteiger partial charge in [0, 0.05) is 5.56 Å². The van der Waals surface area contributed by atoms with Gasteiger partial charge in [0.25, 0.3) is 0 Å². The Bertz CT molecular complexity index is 549. The quantitative estimate of drug-likeness (QED) is 0.890. The summed E-state index contributed by atoms with van der Waals surface area (Å²) in [5.41, 5.74) is 1.43. The molecule has 0 aliphatic heterocycles. The zero-order valence-corrected chi connectivity index (χ0v) is 10.3. The Balaban J connectivity index is 2.26. The van der Waals surface area contributed by atoms with Crippen molar-refractivity contribution in [3.8, 4) is 17.5 Å². The van der Waals surface area contributed by atoms with Crippen molar-refractivity contribution < 1.29 is 4.42 Å². The molecule has 5 heteroatoms. The Morgan fingerprint density at radius 3 is 2.61 bits per heavy atom. The Kier molecular flexibility index (Phi) is 3.70. The van der Waals surface area contributed by atoms with Crippen LogP contribution < -0.4 is 5.32 Å². The first-order valence-electron chi connectivity index (χ1n) is 5.79. The summed E-state index contributed by atoms with van der Waals surface area (Å²) in [6.07, 6.45) is 0.880. The smallest absolute Gasteiger partial charge is 0.247 e. The van der Waals surface area contributed by atoms with Crippen molar-refractivity contribution >= 4 is 0 Å². The molecule has 0 fully saturated rings. The maximum atomic E-state index is 8.73. The third kappa shape index (κ3) is 2.39. The van der Waals surface area contributed by atoms with Gasteiger partial charge in [0.15, 0.2) is 0 Å². The van der Waals surface area contributed by atoms with Crippen LogP contribution in [0.1, 0.15) is 30.8 Å². The molecule has 2 rings (SSSR count). The summed E-state index contributed by atoms with van der Waals surface area (Å²) in [5, 5.41) is 19.9. The summed E-state index contributed by atoms with van der Waals surface area (Å²) in [6.45, 7) is 2.05. The molecule has 0 spiro atoms. The Hall–Kier alpha value is -2.19. The molecule has 1 heterocycles. The molecule has 1 unspecified atom stereocenters. The van der Waals surface area contributed by atoms with Crippen LogP contribution in [-0.2, 0) is 0 Å². The minimum Gasteiger partial charge on any atom is -0.419 e. The molecule has 0 bridgehead atoms. The third-order valence-corrected chi connectivity index (χ3v) is 2.76. The predicted molar refractivity (Wildman–Crippen MR) is 66.5 cm³/mol. The second kappa shape index (κ2) is 5.43. The molecule has 5 nitrogen and oxygen atoms in total. The normalized spacial score (nSPS) is 12.1. The molecule has 1 N–H and O–H groups in total. The SMILES string of the molecule is CCC(NC)c1nnc(-c2ccc(C#N)cc2)o1. The highest BCUT2D eigenvalue weighted by Gasteiger charge is 2.15. The number of nitrogens with zero attached hydrogens (tertiary/aromatic N) is 3. The van der Waals surface area contributed by atoms with Gasteiger partial charge in [-0.05, 0) is 37.7 Å². The van der Waals surface area contributed by atoms with Crippen LogP contribution in [0.4, 0.5) is 0 Å². The molecule has 0 saturated heterocycles. The highest BCUT2D eigenvalue weighted by atomic mass is 16.4. The van der Waals surface area contributed by atoms with Gasteiger partial charge in [-0.25, -0.2) is 0 Å². The summed E-state index contributed by atoms with van der Waals surface area (Å²) < 4.78 is 5.62. The Morgan fingerprint density at radius 1 is 1.33 bits per heavy atom. The maximum Gasteiger partial charge on any atom is 0.247 e. The fourth-order valence-corrected chi connectivity index (χ4v) is 1.68. The first-order valence-corrected chi connectivity index (χ1v) is 5.79. The van der Waals surface area contributed by atoms with Crippen molar-refractivity contribution in [3.63, 3.8) is 0 Å². The minimum atomic E-state index is 0.0737. The minimum absolute atomic E-state index is 0.0737. The van der Waals surface area contributed by atoms with Crippen LogP contribution in [0.2, 0.25) is 0 Å². The molecule has 0 aliphatic rings. The number of hydrogen-bond acceptors (Lipinski definition) is 5. The Labute approximate surface area is 105 Å². The molecule has 92 valence electrons. The van der Waals surface area contributed by atoms with Crippen molar-refractivity contribution in [2.45, 2.75) is 19.4 Å². The molecular weight excluding hydrogens is 228 g/mol. The zero-order chi connectivity index (χ0) is 13.0. The maximum absolute atomic E-state index is 8.73. The molecule has 0 saturated carbocycles. The van der Waals surface area contributed by atoms with Gasteiger partial charge < -0.3 is 9.73 Å². The van der Waals surface area contributed by atoms with Crippen LogP contribution in [0.5, 0.6) is 0 Å². The molecule has 2 aromatic rings. The molecular formula is C13H14N4O. The summed E-state index contributed by atoms with van der Waals surface area (Å²) in [4.78, 5) is 0. The van der Waals surface area contributed by atoms with Crippen molar-refractivity contribution in [1.82, 2.24) is 15.5 Å². The lowest BCUT2D eigenvalue weighted by Gasteiger charge is -2.07. The van der Waals surface area contributed by atoms with Crippen LogP contribution in [0.3, 0.4) is 0 Å². The van der Waals surface area contributed by atoms with E-state index < -0.39 is 0 Å². The second-order valence-electron chi connectivity index (χ2n) is 3.88. The first-order chi connectivity index (χ1) is 8.78. The van der Waals surface area contributed by atoms with E-state index in [1.807, 2.05) is 14.0 Å². The van der Waals surface area contributed by atoms with E-state index in [4.69, 9.17) is 9.68 Å². The molecule has 0 aliphatic carbocycles. The van der Waals surface area contributed by atoms with Crippen molar-refractivity contribution in [2.75, 3.05) is 7.05 Å². The molecule has 18 heavy (non-hydrogen) atoms. The van der Waals surface area contributed by atoms with Crippen LogP contribution in [0.25, 0.3) is 11.5 Å². The molecule has 1 atom stereocenters. The molecule has 1 aromatic heterocycles. The summed E-state index contributed by atoms with van der Waals surface area (Å²) in [6, 6.07) is 9.21. The van der Waals surface area contributed by atoms with E-state index in [2.05, 4.69) is 21.6 Å². The van der Waals surface area contributed by atoms with Crippen LogP contribution >= 0.6 is 0 Å². The number of aromatic nitrogens is 2. The molecule has 1 aromatic carbocycles. The van der Waals surface area contributed by atoms with Gasteiger partial charge in [0.1, 0.15) is 0 Å². The molecule has 0 radical (unpaired) electrons. The lowest BCUT2D eigenvalue weighted by molar-refractivity contribution is 0.415. The fourth-order valence-electron chi connectivity index (χ4n) is 1.68. The van der Waals surface area contributed by atoms with Crippen LogP contribution in [0.15, 0.2) is 28.7 Å². The first kappa shape index (κ1) is 12.3. The van der Waals surface area contributed by atoms with Gasteiger partial charge in [-0.1, -0.05) is 6.92 Å². The summed E-state index contributed by atoms with van der Waals surface area (Å²) in [5.74, 6) is 1.06. The van der Waals surface area contributed by atoms with Crippen LogP contribution in [-0.4, -0.2) is 17.2 Å². The highest BCUT2D eigenvalue weighted by Crippen LogP contribution is 2.22. The number of nitrogens with one attached hydrogen (secondary N) is 1. The average Bonchev–Trinajstić information content (AvgIpc) is 2.90. The van der Waals surface area contributed by atoms with E-state index in [1.165, 1.54) is 0 Å². The number of benzene rings is 1. The van der Waals surface area contributed by atoms with E-state index in [1.54, 1.807) is 24.3 Å². The Morgan fingerprint density at radius 2 is 2.06 bits per heavy atom.